The molecule has 6 heteroatoms. The van der Waals surface area contributed by atoms with Crippen molar-refractivity contribution in [1.82, 2.24) is 5.32 Å². The molecule has 0 radical (unpaired) electrons. The molecule has 2 N–H and O–H groups in total. The molecule has 2 rings (SSSR count). The van der Waals surface area contributed by atoms with E-state index in [0.29, 0.717) is 26.1 Å². The summed E-state index contributed by atoms with van der Waals surface area (Å²) in [5, 5.41) is 11.8. The topological polar surface area (TPSA) is 84.9 Å². The lowest BCUT2D eigenvalue weighted by Crippen LogP contribution is -2.41. The number of carboxylic acid groups (broad SMARTS) is 1. The molecule has 2 aliphatic rings. The van der Waals surface area contributed by atoms with Gasteiger partial charge in [0.2, 0.25) is 5.76 Å². The van der Waals surface area contributed by atoms with Crippen LogP contribution in [0.15, 0.2) is 12.0 Å². The second-order valence-corrected chi connectivity index (χ2v) is 4.57. The molecule has 2 unspecified atom stereocenters. The van der Waals surface area contributed by atoms with Crippen LogP contribution in [0, 0.1) is 5.92 Å². The molecule has 100 valence electrons. The zero-order valence-electron chi connectivity index (χ0n) is 10.1. The van der Waals surface area contributed by atoms with Gasteiger partial charge in [0.15, 0.2) is 0 Å². The van der Waals surface area contributed by atoms with Crippen LogP contribution >= 0.6 is 0 Å². The van der Waals surface area contributed by atoms with Gasteiger partial charge in [-0.2, -0.15) is 0 Å². The largest absolute Gasteiger partial charge is 0.494 e. The van der Waals surface area contributed by atoms with Crippen LogP contribution in [-0.2, 0) is 19.1 Å². The Morgan fingerprint density at radius 2 is 2.17 bits per heavy atom. The number of hydrogen-bond donors (Lipinski definition) is 2. The van der Waals surface area contributed by atoms with Crippen LogP contribution in [0.25, 0.3) is 0 Å². The van der Waals surface area contributed by atoms with Crippen molar-refractivity contribution in [2.24, 2.45) is 5.92 Å². The Morgan fingerprint density at radius 1 is 1.33 bits per heavy atom. The monoisotopic (exact) mass is 255 g/mol. The molecular formula is C12H17NO5. The van der Waals surface area contributed by atoms with E-state index in [0.717, 1.165) is 12.8 Å². The number of rotatable bonds is 3. The first-order valence-corrected chi connectivity index (χ1v) is 6.15. The molecule has 0 aromatic carbocycles. The molecule has 0 aromatic heterocycles. The molecule has 1 aliphatic heterocycles. The van der Waals surface area contributed by atoms with Crippen LogP contribution in [0.5, 0.6) is 0 Å². The third-order valence-corrected chi connectivity index (χ3v) is 3.23. The van der Waals surface area contributed by atoms with Gasteiger partial charge in [-0.05, 0) is 19.3 Å². The van der Waals surface area contributed by atoms with Crippen molar-refractivity contribution in [3.05, 3.63) is 12.0 Å². The minimum Gasteiger partial charge on any atom is -0.494 e. The zero-order valence-corrected chi connectivity index (χ0v) is 10.1. The van der Waals surface area contributed by atoms with E-state index in [-0.39, 0.29) is 23.6 Å². The summed E-state index contributed by atoms with van der Waals surface area (Å²) in [6, 6.07) is -0.0984. The molecule has 1 amide bonds. The standard InChI is InChI=1S/C12H17NO5/c14-11(10-7-17-4-5-18-10)13-9-3-1-2-8(6-9)12(15)16/h7-9H,1-6H2,(H,13,14)(H,15,16). The van der Waals surface area contributed by atoms with Crippen molar-refractivity contribution in [1.29, 1.82) is 0 Å². The van der Waals surface area contributed by atoms with Gasteiger partial charge >= 0.3 is 5.97 Å². The van der Waals surface area contributed by atoms with E-state index in [9.17, 15) is 9.59 Å². The highest BCUT2D eigenvalue weighted by atomic mass is 16.6. The normalized spacial score (nSPS) is 27.4. The third-order valence-electron chi connectivity index (χ3n) is 3.23. The van der Waals surface area contributed by atoms with E-state index >= 15 is 0 Å². The molecule has 1 fully saturated rings. The minimum absolute atomic E-state index is 0.0984. The fraction of sp³-hybridized carbons (Fsp3) is 0.667. The summed E-state index contributed by atoms with van der Waals surface area (Å²) >= 11 is 0. The van der Waals surface area contributed by atoms with Gasteiger partial charge in [0.25, 0.3) is 5.91 Å². The van der Waals surface area contributed by atoms with E-state index in [2.05, 4.69) is 5.32 Å². The first kappa shape index (κ1) is 12.7. The van der Waals surface area contributed by atoms with Gasteiger partial charge in [-0.3, -0.25) is 9.59 Å². The van der Waals surface area contributed by atoms with E-state index in [1.165, 1.54) is 6.26 Å². The van der Waals surface area contributed by atoms with Gasteiger partial charge in [0, 0.05) is 6.04 Å². The number of carbonyl (C=O) groups is 2. The highest BCUT2D eigenvalue weighted by molar-refractivity contribution is 5.91. The number of carbonyl (C=O) groups excluding carboxylic acids is 1. The van der Waals surface area contributed by atoms with Crippen LogP contribution in [0.2, 0.25) is 0 Å². The first-order chi connectivity index (χ1) is 8.66. The fourth-order valence-electron chi connectivity index (χ4n) is 2.29. The highest BCUT2D eigenvalue weighted by Gasteiger charge is 2.29. The second kappa shape index (κ2) is 5.75. The van der Waals surface area contributed by atoms with Gasteiger partial charge in [-0.15, -0.1) is 0 Å². The Bertz CT molecular complexity index is 365. The van der Waals surface area contributed by atoms with Crippen LogP contribution < -0.4 is 5.32 Å². The number of aliphatic carboxylic acids is 1. The molecule has 1 aliphatic carbocycles. The van der Waals surface area contributed by atoms with Gasteiger partial charge < -0.3 is 19.9 Å². The van der Waals surface area contributed by atoms with Crippen molar-refractivity contribution in [3.63, 3.8) is 0 Å². The molecule has 1 saturated carbocycles. The average molecular weight is 255 g/mol. The van der Waals surface area contributed by atoms with Gasteiger partial charge in [0.05, 0.1) is 5.92 Å². The number of carboxylic acids is 1. The maximum absolute atomic E-state index is 11.8. The first-order valence-electron chi connectivity index (χ1n) is 6.15. The number of amides is 1. The summed E-state index contributed by atoms with van der Waals surface area (Å²) in [4.78, 5) is 22.7. The van der Waals surface area contributed by atoms with E-state index in [1.807, 2.05) is 0 Å². The van der Waals surface area contributed by atoms with Gasteiger partial charge in [-0.1, -0.05) is 6.42 Å². The number of hydrogen-bond acceptors (Lipinski definition) is 4. The molecule has 1 heterocycles. The van der Waals surface area contributed by atoms with Crippen molar-refractivity contribution >= 4 is 11.9 Å². The Labute approximate surface area is 105 Å². The van der Waals surface area contributed by atoms with Crippen LogP contribution in [0.1, 0.15) is 25.7 Å². The van der Waals surface area contributed by atoms with Gasteiger partial charge in [0.1, 0.15) is 19.5 Å². The molecule has 2 atom stereocenters. The fourth-order valence-corrected chi connectivity index (χ4v) is 2.29. The summed E-state index contributed by atoms with van der Waals surface area (Å²) in [6.07, 6.45) is 4.09. The molecular weight excluding hydrogens is 238 g/mol. The molecule has 0 spiro atoms. The zero-order chi connectivity index (χ0) is 13.0. The number of nitrogens with one attached hydrogen (secondary N) is 1. The predicted octanol–water partition coefficient (Wildman–Crippen LogP) is 0.634. The lowest BCUT2D eigenvalue weighted by Gasteiger charge is -2.27. The van der Waals surface area contributed by atoms with Crippen molar-refractivity contribution in [3.8, 4) is 0 Å². The van der Waals surface area contributed by atoms with Crippen LogP contribution in [-0.4, -0.2) is 36.2 Å². The average Bonchev–Trinajstić information content (AvgIpc) is 2.40. The van der Waals surface area contributed by atoms with Crippen LogP contribution in [0.3, 0.4) is 0 Å². The predicted molar refractivity (Wildman–Crippen MR) is 61.5 cm³/mol. The quantitative estimate of drug-likeness (QED) is 0.772. The number of ether oxygens (including phenoxy) is 2. The van der Waals surface area contributed by atoms with E-state index in [1.54, 1.807) is 0 Å². The minimum atomic E-state index is -0.787. The lowest BCUT2D eigenvalue weighted by atomic mass is 9.86. The van der Waals surface area contributed by atoms with Gasteiger partial charge in [-0.25, -0.2) is 0 Å². The highest BCUT2D eigenvalue weighted by Crippen LogP contribution is 2.24. The Hall–Kier alpha value is -1.72. The smallest absolute Gasteiger partial charge is 0.306 e. The van der Waals surface area contributed by atoms with E-state index in [4.69, 9.17) is 14.6 Å². The summed E-state index contributed by atoms with van der Waals surface area (Å²) in [7, 11) is 0. The summed E-state index contributed by atoms with van der Waals surface area (Å²) in [5.74, 6) is -1.31. The summed E-state index contributed by atoms with van der Waals surface area (Å²) in [6.45, 7) is 0.808. The Kier molecular flexibility index (Phi) is 4.07. The summed E-state index contributed by atoms with van der Waals surface area (Å²) in [5.41, 5.74) is 0. The maximum atomic E-state index is 11.8. The Morgan fingerprint density at radius 3 is 2.83 bits per heavy atom. The Balaban J connectivity index is 1.86. The molecule has 18 heavy (non-hydrogen) atoms. The van der Waals surface area contributed by atoms with Crippen molar-refractivity contribution < 1.29 is 24.2 Å². The molecule has 0 bridgehead atoms. The maximum Gasteiger partial charge on any atom is 0.306 e. The van der Waals surface area contributed by atoms with Crippen molar-refractivity contribution in [2.75, 3.05) is 13.2 Å². The molecule has 0 saturated heterocycles. The van der Waals surface area contributed by atoms with Crippen LogP contribution in [0.4, 0.5) is 0 Å². The third kappa shape index (κ3) is 3.15. The second-order valence-electron chi connectivity index (χ2n) is 4.57. The van der Waals surface area contributed by atoms with E-state index < -0.39 is 5.97 Å². The lowest BCUT2D eigenvalue weighted by molar-refractivity contribution is -0.143. The molecule has 6 nitrogen and oxygen atoms in total. The SMILES string of the molecule is O=C(NC1CCCC(C(=O)O)C1)C1=COCCO1. The van der Waals surface area contributed by atoms with Crippen molar-refractivity contribution in [2.45, 2.75) is 31.7 Å². The summed E-state index contributed by atoms with van der Waals surface area (Å²) < 4.78 is 10.2. The molecule has 0 aromatic rings.